The van der Waals surface area contributed by atoms with Gasteiger partial charge in [0.25, 0.3) is 0 Å². The summed E-state index contributed by atoms with van der Waals surface area (Å²) in [6.45, 7) is 3.98. The molecule has 7 heteroatoms. The van der Waals surface area contributed by atoms with E-state index in [1.807, 2.05) is 6.92 Å². The van der Waals surface area contributed by atoms with Crippen molar-refractivity contribution in [3.8, 4) is 0 Å². The number of aliphatic imine (C=N–C) groups is 1. The van der Waals surface area contributed by atoms with E-state index < -0.39 is 18.6 Å². The van der Waals surface area contributed by atoms with Crippen LogP contribution in [0.1, 0.15) is 33.1 Å². The number of alkyl halides is 3. The number of nitrogens with zero attached hydrogens (tertiary/aromatic N) is 1. The molecule has 0 radical (unpaired) electrons. The number of nitrogens with one attached hydrogen (secondary N) is 2. The van der Waals surface area contributed by atoms with Crippen molar-refractivity contribution in [2.75, 3.05) is 6.54 Å². The van der Waals surface area contributed by atoms with Crippen LogP contribution in [0.2, 0.25) is 0 Å². The van der Waals surface area contributed by atoms with Crippen molar-refractivity contribution in [2.45, 2.75) is 45.3 Å². The van der Waals surface area contributed by atoms with E-state index >= 15 is 0 Å². The molecule has 16 heavy (non-hydrogen) atoms. The van der Waals surface area contributed by atoms with E-state index in [2.05, 4.69) is 15.7 Å². The minimum atomic E-state index is -4.18. The molecule has 1 unspecified atom stereocenters. The lowest BCUT2D eigenvalue weighted by Gasteiger charge is -2.17. The third-order valence-electron chi connectivity index (χ3n) is 1.84. The molecule has 96 valence electrons. The van der Waals surface area contributed by atoms with E-state index in [0.717, 1.165) is 12.8 Å². The molecule has 0 aliphatic carbocycles. The number of hydrazine groups is 1. The highest BCUT2D eigenvalue weighted by atomic mass is 19.4. The fraction of sp³-hybridized carbons (Fsp3) is 0.889. The molecule has 0 aliphatic heterocycles. The van der Waals surface area contributed by atoms with E-state index in [-0.39, 0.29) is 5.96 Å². The average molecular weight is 240 g/mol. The summed E-state index contributed by atoms with van der Waals surface area (Å²) in [5, 5.41) is 2.58. The Morgan fingerprint density at radius 3 is 2.50 bits per heavy atom. The van der Waals surface area contributed by atoms with Gasteiger partial charge in [0.15, 0.2) is 0 Å². The van der Waals surface area contributed by atoms with Gasteiger partial charge in [0, 0.05) is 12.6 Å². The Kier molecular flexibility index (Phi) is 6.87. The Hall–Kier alpha value is -0.980. The van der Waals surface area contributed by atoms with E-state index in [9.17, 15) is 13.2 Å². The second kappa shape index (κ2) is 7.32. The minimum absolute atomic E-state index is 0.199. The Morgan fingerprint density at radius 2 is 2.06 bits per heavy atom. The van der Waals surface area contributed by atoms with Gasteiger partial charge in [-0.2, -0.15) is 13.2 Å². The van der Waals surface area contributed by atoms with Crippen LogP contribution >= 0.6 is 0 Å². The minimum Gasteiger partial charge on any atom is -0.353 e. The number of nitrogens with two attached hydrogens (primary N) is 1. The van der Waals surface area contributed by atoms with Crippen molar-refractivity contribution < 1.29 is 13.2 Å². The third-order valence-corrected chi connectivity index (χ3v) is 1.84. The molecule has 0 heterocycles. The van der Waals surface area contributed by atoms with Gasteiger partial charge in [-0.15, -0.1) is 0 Å². The second-order valence-electron chi connectivity index (χ2n) is 3.59. The van der Waals surface area contributed by atoms with E-state index in [4.69, 9.17) is 5.84 Å². The van der Waals surface area contributed by atoms with Crippen molar-refractivity contribution >= 4 is 5.96 Å². The molecule has 0 saturated carbocycles. The lowest BCUT2D eigenvalue weighted by atomic mass is 10.2. The van der Waals surface area contributed by atoms with Crippen LogP contribution in [0.3, 0.4) is 0 Å². The molecule has 0 saturated heterocycles. The Bertz CT molecular complexity index is 215. The van der Waals surface area contributed by atoms with Crippen LogP contribution in [-0.2, 0) is 0 Å². The van der Waals surface area contributed by atoms with E-state index in [1.54, 1.807) is 0 Å². The van der Waals surface area contributed by atoms with Crippen LogP contribution in [-0.4, -0.2) is 24.7 Å². The molecule has 4 nitrogen and oxygen atoms in total. The maximum absolute atomic E-state index is 12.0. The van der Waals surface area contributed by atoms with Crippen LogP contribution in [0.15, 0.2) is 4.99 Å². The van der Waals surface area contributed by atoms with E-state index in [1.165, 1.54) is 6.92 Å². The Balaban J connectivity index is 4.06. The lowest BCUT2D eigenvalue weighted by molar-refractivity contribution is -0.138. The lowest BCUT2D eigenvalue weighted by Crippen LogP contribution is -2.46. The molecule has 0 aromatic rings. The average Bonchev–Trinajstić information content (AvgIpc) is 2.13. The van der Waals surface area contributed by atoms with Gasteiger partial charge >= 0.3 is 6.18 Å². The molecule has 0 aromatic carbocycles. The van der Waals surface area contributed by atoms with Crippen molar-refractivity contribution in [1.82, 2.24) is 10.7 Å². The highest BCUT2D eigenvalue weighted by molar-refractivity contribution is 5.79. The van der Waals surface area contributed by atoms with Gasteiger partial charge in [-0.25, -0.2) is 5.84 Å². The number of unbranched alkanes of at least 4 members (excludes halogenated alkanes) is 1. The smallest absolute Gasteiger partial charge is 0.353 e. The van der Waals surface area contributed by atoms with Gasteiger partial charge in [-0.3, -0.25) is 10.4 Å². The number of rotatable bonds is 5. The molecule has 0 aromatic heterocycles. The van der Waals surface area contributed by atoms with Crippen LogP contribution in [0.25, 0.3) is 0 Å². The molecule has 0 spiro atoms. The van der Waals surface area contributed by atoms with Crippen molar-refractivity contribution in [3.05, 3.63) is 0 Å². The van der Waals surface area contributed by atoms with Crippen LogP contribution in [0.4, 0.5) is 13.2 Å². The topological polar surface area (TPSA) is 62.4 Å². The standard InChI is InChI=1S/C9H19F3N4/c1-3-4-5-14-8(16-13)15-7(2)6-9(10,11)12/h7H,3-6,13H2,1-2H3,(H2,14,15,16). The molecule has 0 amide bonds. The largest absolute Gasteiger partial charge is 0.391 e. The summed E-state index contributed by atoms with van der Waals surface area (Å²) in [6, 6.07) is -0.753. The monoisotopic (exact) mass is 240 g/mol. The zero-order chi connectivity index (χ0) is 12.6. The summed E-state index contributed by atoms with van der Waals surface area (Å²) < 4.78 is 36.1. The molecular formula is C9H19F3N4. The van der Waals surface area contributed by atoms with Gasteiger partial charge in [-0.05, 0) is 13.3 Å². The Morgan fingerprint density at radius 1 is 1.44 bits per heavy atom. The SMILES string of the molecule is CCCCN=C(NN)NC(C)CC(F)(F)F. The van der Waals surface area contributed by atoms with E-state index in [0.29, 0.717) is 6.54 Å². The van der Waals surface area contributed by atoms with Crippen molar-refractivity contribution in [3.63, 3.8) is 0 Å². The summed E-state index contributed by atoms with van der Waals surface area (Å²) >= 11 is 0. The zero-order valence-corrected chi connectivity index (χ0v) is 9.56. The number of halogens is 3. The maximum Gasteiger partial charge on any atom is 0.391 e. The van der Waals surface area contributed by atoms with Gasteiger partial charge in [0.2, 0.25) is 5.96 Å². The maximum atomic E-state index is 12.0. The van der Waals surface area contributed by atoms with Gasteiger partial charge in [0.05, 0.1) is 6.42 Å². The molecule has 0 rings (SSSR count). The molecule has 0 aliphatic rings. The molecular weight excluding hydrogens is 221 g/mol. The normalized spacial score (nSPS) is 14.8. The van der Waals surface area contributed by atoms with Crippen molar-refractivity contribution in [1.29, 1.82) is 0 Å². The highest BCUT2D eigenvalue weighted by Crippen LogP contribution is 2.21. The number of guanidine groups is 1. The van der Waals surface area contributed by atoms with Crippen LogP contribution in [0.5, 0.6) is 0 Å². The summed E-state index contributed by atoms with van der Waals surface area (Å²) in [5.41, 5.74) is 2.25. The molecule has 1 atom stereocenters. The molecule has 4 N–H and O–H groups in total. The van der Waals surface area contributed by atoms with Gasteiger partial charge in [0.1, 0.15) is 0 Å². The summed E-state index contributed by atoms with van der Waals surface area (Å²) in [4.78, 5) is 4.00. The predicted octanol–water partition coefficient (Wildman–Crippen LogP) is 1.54. The fourth-order valence-electron chi connectivity index (χ4n) is 1.11. The quantitative estimate of drug-likeness (QED) is 0.224. The first kappa shape index (κ1) is 15.0. The number of hydrogen-bond donors (Lipinski definition) is 3. The first-order valence-electron chi connectivity index (χ1n) is 5.23. The summed E-state index contributed by atoms with van der Waals surface area (Å²) in [6.07, 6.45) is -3.25. The van der Waals surface area contributed by atoms with Gasteiger partial charge < -0.3 is 5.32 Å². The first-order chi connectivity index (χ1) is 7.39. The third kappa shape index (κ3) is 8.34. The highest BCUT2D eigenvalue weighted by Gasteiger charge is 2.30. The van der Waals surface area contributed by atoms with Gasteiger partial charge in [-0.1, -0.05) is 13.3 Å². The summed E-state index contributed by atoms with van der Waals surface area (Å²) in [5.74, 6) is 5.34. The molecule has 0 bridgehead atoms. The predicted molar refractivity (Wildman–Crippen MR) is 57.8 cm³/mol. The van der Waals surface area contributed by atoms with Crippen LogP contribution in [0, 0.1) is 0 Å². The summed E-state index contributed by atoms with van der Waals surface area (Å²) in [7, 11) is 0. The fourth-order valence-corrected chi connectivity index (χ4v) is 1.11. The zero-order valence-electron chi connectivity index (χ0n) is 9.56. The van der Waals surface area contributed by atoms with Crippen molar-refractivity contribution in [2.24, 2.45) is 10.8 Å². The Labute approximate surface area is 93.5 Å². The van der Waals surface area contributed by atoms with Crippen LogP contribution < -0.4 is 16.6 Å². The first-order valence-corrected chi connectivity index (χ1v) is 5.23. The second-order valence-corrected chi connectivity index (χ2v) is 3.59. The molecule has 0 fully saturated rings. The number of hydrogen-bond acceptors (Lipinski definition) is 2.